The highest BCUT2D eigenvalue weighted by Gasteiger charge is 2.23. The van der Waals surface area contributed by atoms with Gasteiger partial charge in [0.1, 0.15) is 5.82 Å². The second kappa shape index (κ2) is 7.67. The number of hydrogen-bond donors (Lipinski definition) is 1. The standard InChI is InChI=1S/C19H20ClFN2O/c20-17-6-1-2-7-18(17)22-19(24)23-12-4-3-5-15(13-23)14-8-10-16(21)11-9-14/h1-2,6-11,15H,3-5,12-13H2,(H,22,24)/t15-/m1/s1. The fourth-order valence-corrected chi connectivity index (χ4v) is 3.27. The lowest BCUT2D eigenvalue weighted by atomic mass is 9.94. The van der Waals surface area contributed by atoms with Gasteiger partial charge in [-0.2, -0.15) is 0 Å². The number of carbonyl (C=O) groups excluding carboxylic acids is 1. The first-order chi connectivity index (χ1) is 11.6. The lowest BCUT2D eigenvalue weighted by Crippen LogP contribution is -2.37. The summed E-state index contributed by atoms with van der Waals surface area (Å²) in [5, 5.41) is 3.41. The molecule has 0 bridgehead atoms. The van der Waals surface area contributed by atoms with Crippen LogP contribution in [-0.4, -0.2) is 24.0 Å². The molecule has 1 saturated heterocycles. The molecule has 1 aliphatic heterocycles. The minimum absolute atomic E-state index is 0.142. The van der Waals surface area contributed by atoms with Crippen molar-refractivity contribution < 1.29 is 9.18 Å². The Kier molecular flexibility index (Phi) is 5.36. The second-order valence-corrected chi connectivity index (χ2v) is 6.51. The molecule has 0 spiro atoms. The predicted octanol–water partition coefficient (Wildman–Crippen LogP) is 5.28. The average Bonchev–Trinajstić information content (AvgIpc) is 2.84. The smallest absolute Gasteiger partial charge is 0.321 e. The summed E-state index contributed by atoms with van der Waals surface area (Å²) in [4.78, 5) is 14.4. The van der Waals surface area contributed by atoms with Crippen molar-refractivity contribution in [1.82, 2.24) is 4.90 Å². The average molecular weight is 347 g/mol. The van der Waals surface area contributed by atoms with E-state index in [0.717, 1.165) is 24.8 Å². The number of rotatable bonds is 2. The molecule has 2 aromatic carbocycles. The van der Waals surface area contributed by atoms with Crippen LogP contribution in [0.2, 0.25) is 5.02 Å². The van der Waals surface area contributed by atoms with Crippen LogP contribution in [0.15, 0.2) is 48.5 Å². The Labute approximate surface area is 146 Å². The third kappa shape index (κ3) is 4.06. The molecule has 0 radical (unpaired) electrons. The van der Waals surface area contributed by atoms with Crippen molar-refractivity contribution in [3.05, 3.63) is 64.9 Å². The van der Waals surface area contributed by atoms with Crippen LogP contribution in [0.25, 0.3) is 0 Å². The Bertz CT molecular complexity index is 705. The van der Waals surface area contributed by atoms with Gasteiger partial charge in [0, 0.05) is 19.0 Å². The fourth-order valence-electron chi connectivity index (χ4n) is 3.09. The first kappa shape index (κ1) is 16.8. The molecule has 1 atom stereocenters. The molecule has 1 fully saturated rings. The molecule has 0 saturated carbocycles. The van der Waals surface area contributed by atoms with E-state index in [0.29, 0.717) is 23.8 Å². The molecule has 3 rings (SSSR count). The molecule has 1 N–H and O–H groups in total. The van der Waals surface area contributed by atoms with E-state index in [1.165, 1.54) is 12.1 Å². The zero-order chi connectivity index (χ0) is 16.9. The van der Waals surface area contributed by atoms with E-state index in [1.54, 1.807) is 12.1 Å². The number of hydrogen-bond acceptors (Lipinski definition) is 1. The summed E-state index contributed by atoms with van der Waals surface area (Å²) < 4.78 is 13.1. The van der Waals surface area contributed by atoms with E-state index in [9.17, 15) is 9.18 Å². The number of benzene rings is 2. The van der Waals surface area contributed by atoms with E-state index >= 15 is 0 Å². The molecule has 1 heterocycles. The first-order valence-corrected chi connectivity index (χ1v) is 8.57. The van der Waals surface area contributed by atoms with Gasteiger partial charge in [0.25, 0.3) is 0 Å². The number of likely N-dealkylation sites (tertiary alicyclic amines) is 1. The zero-order valence-corrected chi connectivity index (χ0v) is 14.1. The van der Waals surface area contributed by atoms with Gasteiger partial charge in [-0.3, -0.25) is 0 Å². The number of amides is 2. The van der Waals surface area contributed by atoms with E-state index in [1.807, 2.05) is 29.2 Å². The summed E-state index contributed by atoms with van der Waals surface area (Å²) in [7, 11) is 0. The number of halogens is 2. The number of carbonyl (C=O) groups is 1. The van der Waals surface area contributed by atoms with Crippen LogP contribution in [0.1, 0.15) is 30.7 Å². The fraction of sp³-hybridized carbons (Fsp3) is 0.316. The molecular weight excluding hydrogens is 327 g/mol. The van der Waals surface area contributed by atoms with Crippen molar-refractivity contribution in [2.75, 3.05) is 18.4 Å². The van der Waals surface area contributed by atoms with Gasteiger partial charge in [-0.05, 0) is 42.7 Å². The summed E-state index contributed by atoms with van der Waals surface area (Å²) >= 11 is 6.11. The van der Waals surface area contributed by atoms with Crippen molar-refractivity contribution in [2.24, 2.45) is 0 Å². The lowest BCUT2D eigenvalue weighted by Gasteiger charge is -2.25. The van der Waals surface area contributed by atoms with Gasteiger partial charge >= 0.3 is 6.03 Å². The summed E-state index contributed by atoms with van der Waals surface area (Å²) in [5.74, 6) is -0.00853. The van der Waals surface area contributed by atoms with Crippen LogP contribution in [0, 0.1) is 5.82 Å². The van der Waals surface area contributed by atoms with Gasteiger partial charge in [-0.25, -0.2) is 9.18 Å². The second-order valence-electron chi connectivity index (χ2n) is 6.10. The van der Waals surface area contributed by atoms with Crippen molar-refractivity contribution >= 4 is 23.3 Å². The van der Waals surface area contributed by atoms with Gasteiger partial charge in [-0.15, -0.1) is 0 Å². The Morgan fingerprint density at radius 1 is 1.12 bits per heavy atom. The SMILES string of the molecule is O=C(Nc1ccccc1Cl)N1CCCC[C@@H](c2ccc(F)cc2)C1. The molecule has 0 aliphatic carbocycles. The van der Waals surface area contributed by atoms with Crippen LogP contribution in [-0.2, 0) is 0 Å². The van der Waals surface area contributed by atoms with Crippen LogP contribution >= 0.6 is 11.6 Å². The van der Waals surface area contributed by atoms with Gasteiger partial charge in [0.15, 0.2) is 0 Å². The normalized spacial score (nSPS) is 18.1. The van der Waals surface area contributed by atoms with Crippen molar-refractivity contribution in [2.45, 2.75) is 25.2 Å². The molecule has 3 nitrogen and oxygen atoms in total. The Morgan fingerprint density at radius 3 is 2.62 bits per heavy atom. The van der Waals surface area contributed by atoms with E-state index < -0.39 is 0 Å². The highest BCUT2D eigenvalue weighted by molar-refractivity contribution is 6.33. The van der Waals surface area contributed by atoms with Gasteiger partial charge < -0.3 is 10.2 Å². The predicted molar refractivity (Wildman–Crippen MR) is 95.0 cm³/mol. The van der Waals surface area contributed by atoms with E-state index in [4.69, 9.17) is 11.6 Å². The summed E-state index contributed by atoms with van der Waals surface area (Å²) in [6.07, 6.45) is 3.02. The van der Waals surface area contributed by atoms with E-state index in [2.05, 4.69) is 5.32 Å². The third-order valence-corrected chi connectivity index (χ3v) is 4.75. The largest absolute Gasteiger partial charge is 0.324 e. The molecule has 0 unspecified atom stereocenters. The Morgan fingerprint density at radius 2 is 1.88 bits per heavy atom. The summed E-state index contributed by atoms with van der Waals surface area (Å²) in [6.45, 7) is 1.34. The Balaban J connectivity index is 1.71. The van der Waals surface area contributed by atoms with Gasteiger partial charge in [0.2, 0.25) is 0 Å². The van der Waals surface area contributed by atoms with Crippen molar-refractivity contribution in [3.63, 3.8) is 0 Å². The first-order valence-electron chi connectivity index (χ1n) is 8.19. The molecule has 0 aromatic heterocycles. The van der Waals surface area contributed by atoms with Gasteiger partial charge in [-0.1, -0.05) is 42.3 Å². The number of anilines is 1. The third-order valence-electron chi connectivity index (χ3n) is 4.42. The molecule has 2 amide bonds. The number of para-hydroxylation sites is 1. The molecule has 1 aliphatic rings. The molecule has 24 heavy (non-hydrogen) atoms. The lowest BCUT2D eigenvalue weighted by molar-refractivity contribution is 0.211. The maximum absolute atomic E-state index is 13.1. The highest BCUT2D eigenvalue weighted by Crippen LogP contribution is 2.28. The van der Waals surface area contributed by atoms with Crippen molar-refractivity contribution in [1.29, 1.82) is 0 Å². The van der Waals surface area contributed by atoms with Crippen LogP contribution in [0.3, 0.4) is 0 Å². The van der Waals surface area contributed by atoms with Crippen LogP contribution in [0.4, 0.5) is 14.9 Å². The van der Waals surface area contributed by atoms with Crippen LogP contribution < -0.4 is 5.32 Å². The molecule has 126 valence electrons. The molecule has 2 aromatic rings. The minimum Gasteiger partial charge on any atom is -0.324 e. The highest BCUT2D eigenvalue weighted by atomic mass is 35.5. The molecule has 5 heteroatoms. The number of urea groups is 1. The van der Waals surface area contributed by atoms with Crippen molar-refractivity contribution in [3.8, 4) is 0 Å². The topological polar surface area (TPSA) is 32.3 Å². The molecular formula is C19H20ClFN2O. The zero-order valence-electron chi connectivity index (χ0n) is 13.3. The van der Waals surface area contributed by atoms with Crippen LogP contribution in [0.5, 0.6) is 0 Å². The summed E-state index contributed by atoms with van der Waals surface area (Å²) in [6, 6.07) is 13.7. The summed E-state index contributed by atoms with van der Waals surface area (Å²) in [5.41, 5.74) is 1.69. The van der Waals surface area contributed by atoms with Gasteiger partial charge in [0.05, 0.1) is 10.7 Å². The van der Waals surface area contributed by atoms with E-state index in [-0.39, 0.29) is 17.8 Å². The maximum Gasteiger partial charge on any atom is 0.321 e. The maximum atomic E-state index is 13.1. The number of nitrogens with zero attached hydrogens (tertiary/aromatic N) is 1. The minimum atomic E-state index is -0.235. The quantitative estimate of drug-likeness (QED) is 0.788. The monoisotopic (exact) mass is 346 g/mol. The number of nitrogens with one attached hydrogen (secondary N) is 1. The Hall–Kier alpha value is -2.07.